The molecular formula is C9H14O2. The predicted octanol–water partition coefficient (Wildman–Crippen LogP) is 1.72. The van der Waals surface area contributed by atoms with Gasteiger partial charge in [-0.05, 0) is 12.8 Å². The molecule has 2 nitrogen and oxygen atoms in total. The summed E-state index contributed by atoms with van der Waals surface area (Å²) < 4.78 is 0. The summed E-state index contributed by atoms with van der Waals surface area (Å²) in [5.74, 6) is -0.211. The van der Waals surface area contributed by atoms with Gasteiger partial charge in [0.25, 0.3) is 0 Å². The second kappa shape index (κ2) is 3.16. The zero-order valence-electron chi connectivity index (χ0n) is 6.93. The van der Waals surface area contributed by atoms with Crippen LogP contribution in [0.15, 0.2) is 0 Å². The summed E-state index contributed by atoms with van der Waals surface area (Å²) in [4.78, 5) is 21.4. The molecule has 0 bridgehead atoms. The number of carbonyl (C=O) groups excluding carboxylic acids is 2. The standard InChI is InChI=1S/C9H14O2/c1-9(8(11)7-10)5-3-2-4-6-9/h7H,2-6H2,1H3. The van der Waals surface area contributed by atoms with Crippen LogP contribution in [0, 0.1) is 5.41 Å². The van der Waals surface area contributed by atoms with Crippen molar-refractivity contribution in [3.05, 3.63) is 0 Å². The minimum absolute atomic E-state index is 0.211. The van der Waals surface area contributed by atoms with Crippen LogP contribution in [0.1, 0.15) is 39.0 Å². The lowest BCUT2D eigenvalue weighted by molar-refractivity contribution is -0.137. The first-order valence-corrected chi connectivity index (χ1v) is 4.19. The van der Waals surface area contributed by atoms with Crippen molar-refractivity contribution in [2.75, 3.05) is 0 Å². The van der Waals surface area contributed by atoms with Crippen molar-refractivity contribution in [2.45, 2.75) is 39.0 Å². The van der Waals surface area contributed by atoms with E-state index in [4.69, 9.17) is 0 Å². The number of aldehydes is 1. The Bertz CT molecular complexity index is 166. The monoisotopic (exact) mass is 154 g/mol. The highest BCUT2D eigenvalue weighted by molar-refractivity contribution is 6.27. The van der Waals surface area contributed by atoms with E-state index in [1.54, 1.807) is 0 Å². The van der Waals surface area contributed by atoms with Gasteiger partial charge in [-0.25, -0.2) is 0 Å². The van der Waals surface area contributed by atoms with E-state index in [-0.39, 0.29) is 11.2 Å². The lowest BCUT2D eigenvalue weighted by Crippen LogP contribution is -2.30. The Morgan fingerprint density at radius 2 is 1.82 bits per heavy atom. The molecule has 0 aromatic carbocycles. The topological polar surface area (TPSA) is 34.1 Å². The highest BCUT2D eigenvalue weighted by Crippen LogP contribution is 2.35. The first-order chi connectivity index (χ1) is 5.19. The van der Waals surface area contributed by atoms with Crippen LogP contribution in [0.4, 0.5) is 0 Å². The number of ketones is 1. The van der Waals surface area contributed by atoms with Gasteiger partial charge in [-0.2, -0.15) is 0 Å². The molecule has 0 aromatic rings. The SMILES string of the molecule is CC1(C(=O)C=O)CCCCC1. The summed E-state index contributed by atoms with van der Waals surface area (Å²) in [5, 5.41) is 0. The predicted molar refractivity (Wildman–Crippen MR) is 42.3 cm³/mol. The van der Waals surface area contributed by atoms with Crippen LogP contribution in [-0.2, 0) is 9.59 Å². The van der Waals surface area contributed by atoms with Gasteiger partial charge >= 0.3 is 0 Å². The van der Waals surface area contributed by atoms with Crippen molar-refractivity contribution in [3.8, 4) is 0 Å². The molecule has 0 atom stereocenters. The summed E-state index contributed by atoms with van der Waals surface area (Å²) >= 11 is 0. The molecule has 0 aliphatic heterocycles. The summed E-state index contributed by atoms with van der Waals surface area (Å²) in [7, 11) is 0. The molecule has 1 saturated carbocycles. The Morgan fingerprint density at radius 1 is 1.27 bits per heavy atom. The summed E-state index contributed by atoms with van der Waals surface area (Å²) in [6.45, 7) is 1.91. The highest BCUT2D eigenvalue weighted by atomic mass is 16.2. The lowest BCUT2D eigenvalue weighted by atomic mass is 9.73. The van der Waals surface area contributed by atoms with Crippen molar-refractivity contribution in [1.29, 1.82) is 0 Å². The molecule has 0 N–H and O–H groups in total. The molecule has 1 aliphatic rings. The normalized spacial score (nSPS) is 22.6. The van der Waals surface area contributed by atoms with E-state index in [2.05, 4.69) is 0 Å². The Morgan fingerprint density at radius 3 is 2.27 bits per heavy atom. The van der Waals surface area contributed by atoms with Gasteiger partial charge in [0.2, 0.25) is 5.78 Å². The Balaban J connectivity index is 2.63. The summed E-state index contributed by atoms with van der Waals surface area (Å²) in [6.07, 6.45) is 5.66. The molecule has 0 radical (unpaired) electrons. The maximum absolute atomic E-state index is 11.1. The molecule has 1 rings (SSSR count). The van der Waals surface area contributed by atoms with E-state index >= 15 is 0 Å². The van der Waals surface area contributed by atoms with E-state index in [0.717, 1.165) is 25.7 Å². The average Bonchev–Trinajstić information content (AvgIpc) is 2.04. The van der Waals surface area contributed by atoms with Crippen LogP contribution in [0.2, 0.25) is 0 Å². The van der Waals surface area contributed by atoms with Crippen molar-refractivity contribution in [2.24, 2.45) is 5.41 Å². The first-order valence-electron chi connectivity index (χ1n) is 4.19. The van der Waals surface area contributed by atoms with Crippen LogP contribution in [0.5, 0.6) is 0 Å². The van der Waals surface area contributed by atoms with Crippen molar-refractivity contribution >= 4 is 12.1 Å². The molecule has 62 valence electrons. The number of Topliss-reactive ketones (excluding diaryl/α,β-unsaturated/α-hetero) is 1. The largest absolute Gasteiger partial charge is 0.295 e. The molecule has 0 heterocycles. The van der Waals surface area contributed by atoms with Gasteiger partial charge in [0, 0.05) is 5.41 Å². The van der Waals surface area contributed by atoms with Crippen LogP contribution in [-0.4, -0.2) is 12.1 Å². The van der Waals surface area contributed by atoms with Crippen molar-refractivity contribution in [3.63, 3.8) is 0 Å². The highest BCUT2D eigenvalue weighted by Gasteiger charge is 2.33. The smallest absolute Gasteiger partial charge is 0.201 e. The first kappa shape index (κ1) is 8.44. The number of carbonyl (C=O) groups is 2. The van der Waals surface area contributed by atoms with Gasteiger partial charge in [-0.15, -0.1) is 0 Å². The molecule has 11 heavy (non-hydrogen) atoms. The van der Waals surface area contributed by atoms with E-state index in [1.165, 1.54) is 6.42 Å². The second-order valence-corrected chi connectivity index (χ2v) is 3.60. The number of hydrogen-bond acceptors (Lipinski definition) is 2. The fourth-order valence-electron chi connectivity index (χ4n) is 1.72. The summed E-state index contributed by atoms with van der Waals surface area (Å²) in [5.41, 5.74) is -0.319. The number of hydrogen-bond donors (Lipinski definition) is 0. The fourth-order valence-corrected chi connectivity index (χ4v) is 1.72. The number of rotatable bonds is 2. The van der Waals surface area contributed by atoms with Gasteiger partial charge in [-0.3, -0.25) is 9.59 Å². The Labute approximate surface area is 67.0 Å². The van der Waals surface area contributed by atoms with E-state index in [0.29, 0.717) is 6.29 Å². The van der Waals surface area contributed by atoms with Gasteiger partial charge in [-0.1, -0.05) is 26.2 Å². The average molecular weight is 154 g/mol. The Kier molecular flexibility index (Phi) is 2.42. The molecule has 1 aliphatic carbocycles. The van der Waals surface area contributed by atoms with Crippen LogP contribution < -0.4 is 0 Å². The quantitative estimate of drug-likeness (QED) is 0.448. The van der Waals surface area contributed by atoms with Gasteiger partial charge in [0.1, 0.15) is 0 Å². The zero-order chi connectivity index (χ0) is 8.32. The zero-order valence-corrected chi connectivity index (χ0v) is 6.93. The molecule has 0 saturated heterocycles. The van der Waals surface area contributed by atoms with Gasteiger partial charge < -0.3 is 0 Å². The van der Waals surface area contributed by atoms with E-state index < -0.39 is 0 Å². The third-order valence-corrected chi connectivity index (χ3v) is 2.66. The third-order valence-electron chi connectivity index (χ3n) is 2.66. The molecular weight excluding hydrogens is 140 g/mol. The van der Waals surface area contributed by atoms with Crippen molar-refractivity contribution < 1.29 is 9.59 Å². The van der Waals surface area contributed by atoms with Gasteiger partial charge in [0.15, 0.2) is 6.29 Å². The molecule has 0 unspecified atom stereocenters. The molecule has 0 amide bonds. The molecule has 0 spiro atoms. The third kappa shape index (κ3) is 1.67. The lowest BCUT2D eigenvalue weighted by Gasteiger charge is -2.29. The van der Waals surface area contributed by atoms with E-state index in [9.17, 15) is 9.59 Å². The maximum atomic E-state index is 11.1. The Hall–Kier alpha value is -0.660. The van der Waals surface area contributed by atoms with Crippen LogP contribution >= 0.6 is 0 Å². The van der Waals surface area contributed by atoms with E-state index in [1.807, 2.05) is 6.92 Å². The molecule has 1 fully saturated rings. The maximum Gasteiger partial charge on any atom is 0.201 e. The molecule has 0 aromatic heterocycles. The molecule has 2 heteroatoms. The minimum atomic E-state index is -0.319. The van der Waals surface area contributed by atoms with Crippen LogP contribution in [0.3, 0.4) is 0 Å². The summed E-state index contributed by atoms with van der Waals surface area (Å²) in [6, 6.07) is 0. The van der Waals surface area contributed by atoms with Gasteiger partial charge in [0.05, 0.1) is 0 Å². The van der Waals surface area contributed by atoms with Crippen molar-refractivity contribution in [1.82, 2.24) is 0 Å². The fraction of sp³-hybridized carbons (Fsp3) is 0.778. The minimum Gasteiger partial charge on any atom is -0.295 e. The second-order valence-electron chi connectivity index (χ2n) is 3.60. The van der Waals surface area contributed by atoms with Crippen LogP contribution in [0.25, 0.3) is 0 Å².